The van der Waals surface area contributed by atoms with Gasteiger partial charge in [-0.25, -0.2) is 0 Å². The minimum Gasteiger partial charge on any atom is -0.383 e. The highest BCUT2D eigenvalue weighted by atomic mass is 16.5. The topological polar surface area (TPSA) is 50.4 Å². The third-order valence-corrected chi connectivity index (χ3v) is 5.10. The van der Waals surface area contributed by atoms with Gasteiger partial charge in [-0.15, -0.1) is 0 Å². The molecule has 160 valence electrons. The van der Waals surface area contributed by atoms with Crippen LogP contribution in [0.1, 0.15) is 94.0 Å². The van der Waals surface area contributed by atoms with Gasteiger partial charge in [-0.3, -0.25) is 4.79 Å². The number of amides is 1. The molecule has 0 aliphatic rings. The van der Waals surface area contributed by atoms with Crippen LogP contribution in [0.15, 0.2) is 24.3 Å². The first-order valence-electron chi connectivity index (χ1n) is 11.3. The number of carbonyl (C=O) groups excluding carboxylic acids is 1. The van der Waals surface area contributed by atoms with Gasteiger partial charge in [0.15, 0.2) is 0 Å². The fraction of sp³-hybridized carbons (Fsp3) is 0.708. The molecule has 1 unspecified atom stereocenters. The number of nitrogens with one attached hydrogen (secondary N) is 2. The normalized spacial score (nSPS) is 12.1. The molecule has 4 nitrogen and oxygen atoms in total. The Morgan fingerprint density at radius 3 is 2.07 bits per heavy atom. The Kier molecular flexibility index (Phi) is 14.6. The van der Waals surface area contributed by atoms with Crippen molar-refractivity contribution < 1.29 is 9.53 Å². The summed E-state index contributed by atoms with van der Waals surface area (Å²) in [5.74, 6) is 0.0307. The number of carbonyl (C=O) groups is 1. The second-order valence-corrected chi connectivity index (χ2v) is 7.87. The van der Waals surface area contributed by atoms with Crippen LogP contribution in [0.3, 0.4) is 0 Å². The highest BCUT2D eigenvalue weighted by Crippen LogP contribution is 2.10. The highest BCUT2D eigenvalue weighted by Gasteiger charge is 2.05. The van der Waals surface area contributed by atoms with Crippen molar-refractivity contribution in [3.63, 3.8) is 0 Å². The molecule has 1 atom stereocenters. The molecule has 0 aliphatic heterocycles. The summed E-state index contributed by atoms with van der Waals surface area (Å²) in [5.41, 5.74) is 1.91. The van der Waals surface area contributed by atoms with E-state index >= 15 is 0 Å². The van der Waals surface area contributed by atoms with Crippen molar-refractivity contribution in [3.8, 4) is 0 Å². The third kappa shape index (κ3) is 12.1. The van der Waals surface area contributed by atoms with Crippen LogP contribution >= 0.6 is 0 Å². The zero-order chi connectivity index (χ0) is 20.5. The minimum absolute atomic E-state index is 0.0307. The van der Waals surface area contributed by atoms with Gasteiger partial charge in [-0.2, -0.15) is 0 Å². The van der Waals surface area contributed by atoms with E-state index in [1.165, 1.54) is 63.4 Å². The van der Waals surface area contributed by atoms with E-state index in [0.29, 0.717) is 12.6 Å². The van der Waals surface area contributed by atoms with Gasteiger partial charge in [0.2, 0.25) is 0 Å². The molecule has 28 heavy (non-hydrogen) atoms. The van der Waals surface area contributed by atoms with Crippen LogP contribution in [-0.2, 0) is 11.3 Å². The van der Waals surface area contributed by atoms with Gasteiger partial charge >= 0.3 is 0 Å². The van der Waals surface area contributed by atoms with Gasteiger partial charge in [-0.1, -0.05) is 76.8 Å². The zero-order valence-electron chi connectivity index (χ0n) is 18.4. The molecule has 0 radical (unpaired) electrons. The van der Waals surface area contributed by atoms with E-state index in [0.717, 1.165) is 25.1 Å². The van der Waals surface area contributed by atoms with E-state index in [1.807, 2.05) is 24.3 Å². The van der Waals surface area contributed by atoms with Gasteiger partial charge < -0.3 is 15.4 Å². The van der Waals surface area contributed by atoms with Crippen molar-refractivity contribution in [2.24, 2.45) is 0 Å². The molecule has 0 bridgehead atoms. The largest absolute Gasteiger partial charge is 0.383 e. The Morgan fingerprint density at radius 2 is 1.50 bits per heavy atom. The lowest BCUT2D eigenvalue weighted by Crippen LogP contribution is -2.29. The molecular formula is C24H42N2O2. The molecule has 0 fully saturated rings. The van der Waals surface area contributed by atoms with Gasteiger partial charge in [0.1, 0.15) is 0 Å². The Morgan fingerprint density at radius 1 is 0.929 bits per heavy atom. The van der Waals surface area contributed by atoms with Crippen molar-refractivity contribution in [2.75, 3.05) is 20.3 Å². The predicted octanol–water partition coefficient (Wildman–Crippen LogP) is 5.46. The summed E-state index contributed by atoms with van der Waals surface area (Å²) in [4.78, 5) is 12.2. The summed E-state index contributed by atoms with van der Waals surface area (Å²) in [6.07, 6.45) is 13.1. The molecule has 0 aromatic heterocycles. The van der Waals surface area contributed by atoms with E-state index in [1.54, 1.807) is 7.11 Å². The number of methoxy groups -OCH3 is 1. The number of benzene rings is 1. The fourth-order valence-corrected chi connectivity index (χ4v) is 3.29. The summed E-state index contributed by atoms with van der Waals surface area (Å²) in [7, 11) is 1.71. The quantitative estimate of drug-likeness (QED) is 0.347. The first-order chi connectivity index (χ1) is 13.7. The maximum absolute atomic E-state index is 12.2. The SMILES string of the molecule is CCCCCCCCCCCCNC(=O)c1ccc(CNC(C)COC)cc1. The lowest BCUT2D eigenvalue weighted by atomic mass is 10.1. The van der Waals surface area contributed by atoms with Gasteiger partial charge in [0, 0.05) is 31.8 Å². The smallest absolute Gasteiger partial charge is 0.251 e. The number of ether oxygens (including phenoxy) is 1. The molecule has 4 heteroatoms. The van der Waals surface area contributed by atoms with Crippen molar-refractivity contribution >= 4 is 5.91 Å². The molecule has 0 aliphatic carbocycles. The van der Waals surface area contributed by atoms with Crippen LogP contribution in [0.2, 0.25) is 0 Å². The van der Waals surface area contributed by atoms with Crippen LogP contribution in [0, 0.1) is 0 Å². The molecule has 0 saturated heterocycles. The monoisotopic (exact) mass is 390 g/mol. The molecular weight excluding hydrogens is 348 g/mol. The van der Waals surface area contributed by atoms with Crippen LogP contribution in [0.4, 0.5) is 0 Å². The van der Waals surface area contributed by atoms with E-state index < -0.39 is 0 Å². The molecule has 1 aromatic rings. The molecule has 0 heterocycles. The van der Waals surface area contributed by atoms with Crippen LogP contribution in [-0.4, -0.2) is 32.2 Å². The van der Waals surface area contributed by atoms with Crippen LogP contribution in [0.25, 0.3) is 0 Å². The molecule has 1 aromatic carbocycles. The Bertz CT molecular complexity index is 502. The van der Waals surface area contributed by atoms with E-state index in [2.05, 4.69) is 24.5 Å². The highest BCUT2D eigenvalue weighted by molar-refractivity contribution is 5.94. The lowest BCUT2D eigenvalue weighted by molar-refractivity contribution is 0.0953. The Balaban J connectivity index is 2.07. The molecule has 1 rings (SSSR count). The predicted molar refractivity (Wildman–Crippen MR) is 119 cm³/mol. The summed E-state index contributed by atoms with van der Waals surface area (Å²) in [6.45, 7) is 6.61. The minimum atomic E-state index is 0.0307. The van der Waals surface area contributed by atoms with Crippen LogP contribution in [0.5, 0.6) is 0 Å². The van der Waals surface area contributed by atoms with Gasteiger partial charge in [0.05, 0.1) is 6.61 Å². The fourth-order valence-electron chi connectivity index (χ4n) is 3.29. The maximum Gasteiger partial charge on any atom is 0.251 e. The molecule has 0 spiro atoms. The van der Waals surface area contributed by atoms with Crippen LogP contribution < -0.4 is 10.6 Å². The van der Waals surface area contributed by atoms with Crippen molar-refractivity contribution in [1.82, 2.24) is 10.6 Å². The lowest BCUT2D eigenvalue weighted by Gasteiger charge is -2.12. The first kappa shape index (κ1) is 24.6. The maximum atomic E-state index is 12.2. The van der Waals surface area contributed by atoms with E-state index in [4.69, 9.17) is 4.74 Å². The third-order valence-electron chi connectivity index (χ3n) is 5.10. The number of unbranched alkanes of at least 4 members (excludes halogenated alkanes) is 9. The summed E-state index contributed by atoms with van der Waals surface area (Å²) < 4.78 is 5.12. The summed E-state index contributed by atoms with van der Waals surface area (Å²) in [6, 6.07) is 8.16. The van der Waals surface area contributed by atoms with Gasteiger partial charge in [0.25, 0.3) is 5.91 Å². The zero-order valence-corrected chi connectivity index (χ0v) is 18.4. The average molecular weight is 391 g/mol. The second kappa shape index (κ2) is 16.6. The van der Waals surface area contributed by atoms with E-state index in [-0.39, 0.29) is 5.91 Å². The Labute approximate surface area is 172 Å². The number of hydrogen-bond acceptors (Lipinski definition) is 3. The van der Waals surface area contributed by atoms with E-state index in [9.17, 15) is 4.79 Å². The average Bonchev–Trinajstić information content (AvgIpc) is 2.71. The standard InChI is InChI=1S/C24H42N2O2/c1-4-5-6-7-8-9-10-11-12-13-18-25-24(27)23-16-14-22(15-17-23)19-26-21(2)20-28-3/h14-17,21,26H,4-13,18-20H2,1-3H3,(H,25,27). The van der Waals surface area contributed by atoms with Crippen molar-refractivity contribution in [2.45, 2.75) is 90.6 Å². The van der Waals surface area contributed by atoms with Crippen molar-refractivity contribution in [3.05, 3.63) is 35.4 Å². The summed E-state index contributed by atoms with van der Waals surface area (Å²) in [5, 5.41) is 6.44. The number of hydrogen-bond donors (Lipinski definition) is 2. The molecule has 2 N–H and O–H groups in total. The number of rotatable bonds is 17. The van der Waals surface area contributed by atoms with Crippen molar-refractivity contribution in [1.29, 1.82) is 0 Å². The van der Waals surface area contributed by atoms with Gasteiger partial charge in [-0.05, 0) is 31.0 Å². The Hall–Kier alpha value is -1.39. The summed E-state index contributed by atoms with van der Waals surface area (Å²) >= 11 is 0. The molecule has 1 amide bonds. The second-order valence-electron chi connectivity index (χ2n) is 7.87. The first-order valence-corrected chi connectivity index (χ1v) is 11.3. The molecule has 0 saturated carbocycles.